The number of halogens is 1. The van der Waals surface area contributed by atoms with E-state index in [0.29, 0.717) is 10.6 Å². The predicted octanol–water partition coefficient (Wildman–Crippen LogP) is 3.11. The maximum atomic E-state index is 8.98. The predicted molar refractivity (Wildman–Crippen MR) is 65.8 cm³/mol. The minimum absolute atomic E-state index is 0.525. The van der Waals surface area contributed by atoms with Crippen molar-refractivity contribution >= 4 is 28.2 Å². The van der Waals surface area contributed by atoms with E-state index in [9.17, 15) is 0 Å². The van der Waals surface area contributed by atoms with Crippen molar-refractivity contribution in [3.63, 3.8) is 0 Å². The summed E-state index contributed by atoms with van der Waals surface area (Å²) in [6.07, 6.45) is 1.54. The number of benzene rings is 1. The number of pyridine rings is 1. The van der Waals surface area contributed by atoms with E-state index in [4.69, 9.17) is 16.9 Å². The third kappa shape index (κ3) is 1.58. The lowest BCUT2D eigenvalue weighted by Gasteiger charge is -2.09. The molecule has 0 saturated carbocycles. The van der Waals surface area contributed by atoms with E-state index in [-0.39, 0.29) is 0 Å². The molecule has 0 saturated heterocycles. The van der Waals surface area contributed by atoms with E-state index in [0.717, 1.165) is 22.2 Å². The van der Waals surface area contributed by atoms with Gasteiger partial charge < -0.3 is 5.32 Å². The van der Waals surface area contributed by atoms with Gasteiger partial charge in [-0.2, -0.15) is 5.26 Å². The average molecular weight is 232 g/mol. The molecule has 0 amide bonds. The number of hydrogen-bond acceptors (Lipinski definition) is 3. The molecule has 0 radical (unpaired) electrons. The minimum atomic E-state index is 0.525. The molecule has 0 aliphatic heterocycles. The summed E-state index contributed by atoms with van der Waals surface area (Å²) in [5.41, 5.74) is 3.07. The van der Waals surface area contributed by atoms with Gasteiger partial charge in [-0.1, -0.05) is 11.6 Å². The van der Waals surface area contributed by atoms with Crippen molar-refractivity contribution in [2.75, 3.05) is 12.4 Å². The number of nitrogens with one attached hydrogen (secondary N) is 1. The van der Waals surface area contributed by atoms with Gasteiger partial charge in [-0.3, -0.25) is 4.98 Å². The first-order valence-electron chi connectivity index (χ1n) is 4.84. The Labute approximate surface area is 98.7 Å². The largest absolute Gasteiger partial charge is 0.386 e. The molecular formula is C12H10ClN3. The van der Waals surface area contributed by atoms with Crippen molar-refractivity contribution < 1.29 is 0 Å². The van der Waals surface area contributed by atoms with Crippen molar-refractivity contribution in [2.45, 2.75) is 6.92 Å². The van der Waals surface area contributed by atoms with Crippen molar-refractivity contribution in [1.82, 2.24) is 4.98 Å². The molecule has 1 heterocycles. The van der Waals surface area contributed by atoms with Crippen LogP contribution in [0.5, 0.6) is 0 Å². The molecule has 1 N–H and O–H groups in total. The number of aromatic nitrogens is 1. The molecule has 80 valence electrons. The van der Waals surface area contributed by atoms with Crippen LogP contribution in [0.4, 0.5) is 5.69 Å². The fraction of sp³-hybridized carbons (Fsp3) is 0.167. The first-order chi connectivity index (χ1) is 7.67. The minimum Gasteiger partial charge on any atom is -0.386 e. The lowest BCUT2D eigenvalue weighted by Crippen LogP contribution is -1.96. The Morgan fingerprint density at radius 2 is 2.19 bits per heavy atom. The first-order valence-corrected chi connectivity index (χ1v) is 5.22. The van der Waals surface area contributed by atoms with Gasteiger partial charge in [0, 0.05) is 18.6 Å². The molecule has 0 fully saturated rings. The van der Waals surface area contributed by atoms with E-state index in [1.807, 2.05) is 19.1 Å². The summed E-state index contributed by atoms with van der Waals surface area (Å²) in [4.78, 5) is 4.21. The quantitative estimate of drug-likeness (QED) is 0.821. The Kier molecular flexibility index (Phi) is 2.67. The van der Waals surface area contributed by atoms with Crippen LogP contribution in [-0.2, 0) is 0 Å². The number of fused-ring (bicyclic) bond motifs is 1. The SMILES string of the molecule is CNc1c(C#N)cnc2c(Cl)cc(C)cc12. The van der Waals surface area contributed by atoms with Crippen molar-refractivity contribution in [2.24, 2.45) is 0 Å². The molecule has 2 rings (SSSR count). The van der Waals surface area contributed by atoms with Gasteiger partial charge in [0.15, 0.2) is 0 Å². The molecule has 2 aromatic rings. The summed E-state index contributed by atoms with van der Waals surface area (Å²) in [6.45, 7) is 1.96. The molecule has 0 aliphatic carbocycles. The van der Waals surface area contributed by atoms with Gasteiger partial charge >= 0.3 is 0 Å². The van der Waals surface area contributed by atoms with Crippen LogP contribution in [0.15, 0.2) is 18.3 Å². The van der Waals surface area contributed by atoms with Crippen molar-refractivity contribution in [1.29, 1.82) is 5.26 Å². The number of rotatable bonds is 1. The fourth-order valence-corrected chi connectivity index (χ4v) is 2.07. The number of aryl methyl sites for hydroxylation is 1. The summed E-state index contributed by atoms with van der Waals surface area (Å²) in [6, 6.07) is 5.95. The van der Waals surface area contributed by atoms with E-state index >= 15 is 0 Å². The number of nitriles is 1. The van der Waals surface area contributed by atoms with Crippen molar-refractivity contribution in [3.8, 4) is 6.07 Å². The molecule has 0 bridgehead atoms. The number of nitrogens with zero attached hydrogens (tertiary/aromatic N) is 2. The molecule has 3 nitrogen and oxygen atoms in total. The summed E-state index contributed by atoms with van der Waals surface area (Å²) < 4.78 is 0. The normalized spacial score (nSPS) is 10.1. The van der Waals surface area contributed by atoms with Crippen LogP contribution in [-0.4, -0.2) is 12.0 Å². The van der Waals surface area contributed by atoms with Crippen molar-refractivity contribution in [3.05, 3.63) is 34.5 Å². The maximum Gasteiger partial charge on any atom is 0.103 e. The smallest absolute Gasteiger partial charge is 0.103 e. The molecule has 1 aromatic heterocycles. The zero-order chi connectivity index (χ0) is 11.7. The van der Waals surface area contributed by atoms with E-state index in [1.165, 1.54) is 6.20 Å². The average Bonchev–Trinajstić information content (AvgIpc) is 2.27. The Bertz CT molecular complexity index is 599. The monoisotopic (exact) mass is 231 g/mol. The van der Waals surface area contributed by atoms with Gasteiger partial charge in [0.05, 0.1) is 21.8 Å². The zero-order valence-corrected chi connectivity index (χ0v) is 9.76. The van der Waals surface area contributed by atoms with Crippen LogP contribution >= 0.6 is 11.6 Å². The van der Waals surface area contributed by atoms with Gasteiger partial charge in [-0.05, 0) is 24.6 Å². The molecule has 0 aliphatic rings. The van der Waals surface area contributed by atoms with E-state index < -0.39 is 0 Å². The van der Waals surface area contributed by atoms with Gasteiger partial charge in [-0.15, -0.1) is 0 Å². The molecule has 16 heavy (non-hydrogen) atoms. The Balaban J connectivity index is 2.93. The lowest BCUT2D eigenvalue weighted by atomic mass is 10.1. The highest BCUT2D eigenvalue weighted by molar-refractivity contribution is 6.35. The summed E-state index contributed by atoms with van der Waals surface area (Å²) in [5, 5.41) is 13.5. The van der Waals surface area contributed by atoms with Crippen LogP contribution in [0.3, 0.4) is 0 Å². The lowest BCUT2D eigenvalue weighted by molar-refractivity contribution is 1.34. The topological polar surface area (TPSA) is 48.7 Å². The highest BCUT2D eigenvalue weighted by Gasteiger charge is 2.10. The van der Waals surface area contributed by atoms with E-state index in [1.54, 1.807) is 7.05 Å². The second kappa shape index (κ2) is 3.99. The number of anilines is 1. The number of hydrogen-bond donors (Lipinski definition) is 1. The third-order valence-corrected chi connectivity index (χ3v) is 2.73. The third-order valence-electron chi connectivity index (χ3n) is 2.44. The Morgan fingerprint density at radius 3 is 2.81 bits per heavy atom. The molecule has 1 aromatic carbocycles. The zero-order valence-electron chi connectivity index (χ0n) is 9.00. The van der Waals surface area contributed by atoms with Gasteiger partial charge in [-0.25, -0.2) is 0 Å². The summed E-state index contributed by atoms with van der Waals surface area (Å²) >= 11 is 6.11. The second-order valence-electron chi connectivity index (χ2n) is 3.55. The fourth-order valence-electron chi connectivity index (χ4n) is 1.75. The molecule has 0 unspecified atom stereocenters. The van der Waals surface area contributed by atoms with Gasteiger partial charge in [0.1, 0.15) is 6.07 Å². The first kappa shape index (κ1) is 10.7. The standard InChI is InChI=1S/C12H10ClN3/c1-7-3-9-11(15-2)8(5-14)6-16-12(9)10(13)4-7/h3-4,6H,1-2H3,(H,15,16). The second-order valence-corrected chi connectivity index (χ2v) is 3.96. The van der Waals surface area contributed by atoms with Gasteiger partial charge in [0.25, 0.3) is 0 Å². The molecule has 4 heteroatoms. The highest BCUT2D eigenvalue weighted by Crippen LogP contribution is 2.30. The summed E-state index contributed by atoms with van der Waals surface area (Å²) in [7, 11) is 1.78. The molecule has 0 spiro atoms. The van der Waals surface area contributed by atoms with Gasteiger partial charge in [0.2, 0.25) is 0 Å². The highest BCUT2D eigenvalue weighted by atomic mass is 35.5. The van der Waals surface area contributed by atoms with E-state index in [2.05, 4.69) is 16.4 Å². The van der Waals surface area contributed by atoms with Crippen LogP contribution in [0.25, 0.3) is 10.9 Å². The van der Waals surface area contributed by atoms with Crippen LogP contribution in [0.1, 0.15) is 11.1 Å². The molecular weight excluding hydrogens is 222 g/mol. The Hall–Kier alpha value is -1.79. The maximum absolute atomic E-state index is 8.98. The Morgan fingerprint density at radius 1 is 1.44 bits per heavy atom. The summed E-state index contributed by atoms with van der Waals surface area (Å²) in [5.74, 6) is 0. The molecule has 0 atom stereocenters. The van der Waals surface area contributed by atoms with Crippen LogP contribution in [0.2, 0.25) is 5.02 Å². The van der Waals surface area contributed by atoms with Crippen LogP contribution < -0.4 is 5.32 Å². The van der Waals surface area contributed by atoms with Crippen LogP contribution in [0, 0.1) is 18.3 Å².